The molecule has 1 unspecified atom stereocenters. The van der Waals surface area contributed by atoms with E-state index in [-0.39, 0.29) is 11.2 Å². The van der Waals surface area contributed by atoms with Crippen molar-refractivity contribution >= 4 is 40.9 Å². The maximum atomic E-state index is 12.5. The van der Waals surface area contributed by atoms with Gasteiger partial charge in [-0.1, -0.05) is 23.2 Å². The van der Waals surface area contributed by atoms with Crippen molar-refractivity contribution in [3.63, 3.8) is 0 Å². The van der Waals surface area contributed by atoms with E-state index in [1.807, 2.05) is 24.9 Å². The van der Waals surface area contributed by atoms with Crippen molar-refractivity contribution < 1.29 is 4.79 Å². The third-order valence-electron chi connectivity index (χ3n) is 3.76. The Morgan fingerprint density at radius 3 is 2.67 bits per heavy atom. The van der Waals surface area contributed by atoms with Crippen LogP contribution in [0.15, 0.2) is 23.1 Å². The Labute approximate surface area is 140 Å². The third kappa shape index (κ3) is 4.52. The number of hydrogen-bond acceptors (Lipinski definition) is 3. The molecule has 0 spiro atoms. The van der Waals surface area contributed by atoms with Crippen LogP contribution in [-0.4, -0.2) is 42.2 Å². The molecule has 116 valence electrons. The lowest BCUT2D eigenvalue weighted by Crippen LogP contribution is -2.46. The Hall–Kier alpha value is -0.420. The fourth-order valence-corrected chi connectivity index (χ4v) is 3.95. The van der Waals surface area contributed by atoms with E-state index in [2.05, 4.69) is 5.32 Å². The Morgan fingerprint density at radius 2 is 2.05 bits per heavy atom. The van der Waals surface area contributed by atoms with Gasteiger partial charge in [0.25, 0.3) is 0 Å². The van der Waals surface area contributed by atoms with Gasteiger partial charge in [0, 0.05) is 29.0 Å². The molecule has 1 aromatic carbocycles. The lowest BCUT2D eigenvalue weighted by molar-refractivity contribution is -0.131. The first-order valence-electron chi connectivity index (χ1n) is 7.09. The van der Waals surface area contributed by atoms with Gasteiger partial charge < -0.3 is 10.2 Å². The van der Waals surface area contributed by atoms with Gasteiger partial charge >= 0.3 is 0 Å². The Morgan fingerprint density at radius 1 is 1.38 bits per heavy atom. The maximum absolute atomic E-state index is 12.5. The normalized spacial score (nSPS) is 17.8. The van der Waals surface area contributed by atoms with Crippen molar-refractivity contribution in [2.24, 2.45) is 0 Å². The summed E-state index contributed by atoms with van der Waals surface area (Å²) in [6.07, 6.45) is 2.02. The van der Waals surface area contributed by atoms with Crippen LogP contribution in [0, 0.1) is 0 Å². The quantitative estimate of drug-likeness (QED) is 0.844. The minimum Gasteiger partial charge on any atom is -0.342 e. The summed E-state index contributed by atoms with van der Waals surface area (Å²) in [5.74, 6) is 0.172. The lowest BCUT2D eigenvalue weighted by atomic mass is 10.1. The van der Waals surface area contributed by atoms with Gasteiger partial charge in [0.2, 0.25) is 5.91 Å². The van der Waals surface area contributed by atoms with Crippen LogP contribution < -0.4 is 5.32 Å². The second-order valence-electron chi connectivity index (χ2n) is 5.22. The van der Waals surface area contributed by atoms with E-state index in [9.17, 15) is 4.79 Å². The van der Waals surface area contributed by atoms with Crippen molar-refractivity contribution in [2.75, 3.05) is 20.1 Å². The molecule has 0 saturated carbocycles. The number of likely N-dealkylation sites (tertiary alicyclic amines) is 1. The monoisotopic (exact) mass is 346 g/mol. The molecule has 1 aliphatic heterocycles. The fourth-order valence-electron chi connectivity index (χ4n) is 2.45. The number of nitrogens with one attached hydrogen (secondary N) is 1. The zero-order valence-corrected chi connectivity index (χ0v) is 14.6. The molecular weight excluding hydrogens is 327 g/mol. The molecule has 3 nitrogen and oxygen atoms in total. The summed E-state index contributed by atoms with van der Waals surface area (Å²) in [6, 6.07) is 5.86. The molecule has 1 aliphatic rings. The van der Waals surface area contributed by atoms with E-state index >= 15 is 0 Å². The van der Waals surface area contributed by atoms with Crippen molar-refractivity contribution in [3.05, 3.63) is 28.2 Å². The van der Waals surface area contributed by atoms with Crippen molar-refractivity contribution in [2.45, 2.75) is 36.0 Å². The average Bonchev–Trinajstić information content (AvgIpc) is 2.50. The summed E-state index contributed by atoms with van der Waals surface area (Å²) in [6.45, 7) is 3.56. The van der Waals surface area contributed by atoms with Crippen molar-refractivity contribution in [1.29, 1.82) is 0 Å². The largest absolute Gasteiger partial charge is 0.342 e. The van der Waals surface area contributed by atoms with Crippen LogP contribution in [0.25, 0.3) is 0 Å². The highest BCUT2D eigenvalue weighted by molar-refractivity contribution is 8.00. The van der Waals surface area contributed by atoms with Gasteiger partial charge in [-0.05, 0) is 45.0 Å². The Kier molecular flexibility index (Phi) is 6.23. The minimum absolute atomic E-state index is 0.160. The first-order valence-corrected chi connectivity index (χ1v) is 8.72. The van der Waals surface area contributed by atoms with Gasteiger partial charge in [-0.15, -0.1) is 11.8 Å². The van der Waals surface area contributed by atoms with Crippen molar-refractivity contribution in [3.8, 4) is 0 Å². The van der Waals surface area contributed by atoms with Crippen molar-refractivity contribution in [1.82, 2.24) is 10.2 Å². The highest BCUT2D eigenvalue weighted by atomic mass is 35.5. The van der Waals surface area contributed by atoms with E-state index in [0.717, 1.165) is 30.8 Å². The first-order chi connectivity index (χ1) is 10.0. The molecule has 0 bridgehead atoms. The van der Waals surface area contributed by atoms with E-state index in [0.29, 0.717) is 16.1 Å². The number of benzene rings is 1. The third-order valence-corrected chi connectivity index (χ3v) is 5.58. The summed E-state index contributed by atoms with van der Waals surface area (Å²) >= 11 is 13.6. The highest BCUT2D eigenvalue weighted by Crippen LogP contribution is 2.33. The van der Waals surface area contributed by atoms with Crippen LogP contribution in [-0.2, 0) is 4.79 Å². The molecule has 1 aromatic rings. The molecule has 1 heterocycles. The molecule has 1 fully saturated rings. The minimum atomic E-state index is -0.160. The van der Waals surface area contributed by atoms with Crippen LogP contribution in [0.3, 0.4) is 0 Å². The second-order valence-corrected chi connectivity index (χ2v) is 7.45. The highest BCUT2D eigenvalue weighted by Gasteiger charge is 2.26. The van der Waals surface area contributed by atoms with E-state index in [1.165, 1.54) is 11.8 Å². The molecule has 1 saturated heterocycles. The van der Waals surface area contributed by atoms with E-state index in [4.69, 9.17) is 23.2 Å². The predicted octanol–water partition coefficient (Wildman–Crippen LogP) is 3.68. The summed E-state index contributed by atoms with van der Waals surface area (Å²) in [7, 11) is 1.97. The standard InChI is InChI=1S/C15H20Cl2N2OS/c1-10(21-14-9-11(16)3-4-13(14)17)15(20)19-7-5-12(18-2)6-8-19/h3-4,9-10,12,18H,5-8H2,1-2H3. The summed E-state index contributed by atoms with van der Waals surface area (Å²) in [5.41, 5.74) is 0. The molecular formula is C15H20Cl2N2OS. The zero-order chi connectivity index (χ0) is 15.4. The number of piperidine rings is 1. The SMILES string of the molecule is CNC1CCN(C(=O)C(C)Sc2cc(Cl)ccc2Cl)CC1. The topological polar surface area (TPSA) is 32.3 Å². The number of halogens is 2. The number of rotatable bonds is 4. The van der Waals surface area contributed by atoms with Crippen LogP contribution in [0.2, 0.25) is 10.0 Å². The number of amides is 1. The van der Waals surface area contributed by atoms with Gasteiger partial charge in [0.15, 0.2) is 0 Å². The number of carbonyl (C=O) groups is 1. The smallest absolute Gasteiger partial charge is 0.235 e. The van der Waals surface area contributed by atoms with E-state index < -0.39 is 0 Å². The molecule has 6 heteroatoms. The second kappa shape index (κ2) is 7.73. The fraction of sp³-hybridized carbons (Fsp3) is 0.533. The molecule has 21 heavy (non-hydrogen) atoms. The van der Waals surface area contributed by atoms with Gasteiger partial charge in [-0.2, -0.15) is 0 Å². The van der Waals surface area contributed by atoms with Gasteiger partial charge in [0.1, 0.15) is 0 Å². The summed E-state index contributed by atoms with van der Waals surface area (Å²) < 4.78 is 0. The number of thioether (sulfide) groups is 1. The van der Waals surface area contributed by atoms with Crippen LogP contribution in [0.4, 0.5) is 0 Å². The first kappa shape index (κ1) is 16.9. The van der Waals surface area contributed by atoms with E-state index in [1.54, 1.807) is 12.1 Å². The maximum Gasteiger partial charge on any atom is 0.235 e. The van der Waals surface area contributed by atoms with Gasteiger partial charge in [-0.3, -0.25) is 4.79 Å². The van der Waals surface area contributed by atoms with Gasteiger partial charge in [0.05, 0.1) is 10.3 Å². The Balaban J connectivity index is 1.95. The van der Waals surface area contributed by atoms with Gasteiger partial charge in [-0.25, -0.2) is 0 Å². The molecule has 1 N–H and O–H groups in total. The van der Waals surface area contributed by atoms with Crippen LogP contribution in [0.1, 0.15) is 19.8 Å². The number of nitrogens with zero attached hydrogens (tertiary/aromatic N) is 1. The lowest BCUT2D eigenvalue weighted by Gasteiger charge is -2.33. The molecule has 2 rings (SSSR count). The molecule has 0 radical (unpaired) electrons. The number of hydrogen-bond donors (Lipinski definition) is 1. The predicted molar refractivity (Wildman–Crippen MR) is 90.4 cm³/mol. The van der Waals surface area contributed by atoms with Crippen LogP contribution >= 0.6 is 35.0 Å². The summed E-state index contributed by atoms with van der Waals surface area (Å²) in [5, 5.41) is 4.38. The molecule has 1 amide bonds. The van der Waals surface area contributed by atoms with Crippen LogP contribution in [0.5, 0.6) is 0 Å². The molecule has 0 aliphatic carbocycles. The zero-order valence-electron chi connectivity index (χ0n) is 12.2. The number of carbonyl (C=O) groups excluding carboxylic acids is 1. The average molecular weight is 347 g/mol. The Bertz CT molecular complexity index is 504. The molecule has 0 aromatic heterocycles. The molecule has 1 atom stereocenters. The summed E-state index contributed by atoms with van der Waals surface area (Å²) in [4.78, 5) is 15.3.